The fourth-order valence-electron chi connectivity index (χ4n) is 1.54. The van der Waals surface area contributed by atoms with Crippen molar-refractivity contribution in [3.63, 3.8) is 0 Å². The van der Waals surface area contributed by atoms with Gasteiger partial charge in [-0.05, 0) is 19.9 Å². The minimum absolute atomic E-state index is 0.0731. The molecule has 1 fully saturated rings. The molecular formula is C11H13F2N3O2. The summed E-state index contributed by atoms with van der Waals surface area (Å²) in [6.07, 6.45) is 1.10. The molecule has 1 saturated heterocycles. The minimum atomic E-state index is -2.70. The Labute approximate surface area is 103 Å². The Hall–Kier alpha value is -1.79. The summed E-state index contributed by atoms with van der Waals surface area (Å²) in [6, 6.07) is 1.39. The van der Waals surface area contributed by atoms with E-state index in [0.29, 0.717) is 0 Å². The third-order valence-electron chi connectivity index (χ3n) is 2.32. The van der Waals surface area contributed by atoms with Crippen molar-refractivity contribution >= 4 is 11.9 Å². The summed E-state index contributed by atoms with van der Waals surface area (Å²) in [6.45, 7) is 2.59. The van der Waals surface area contributed by atoms with Gasteiger partial charge < -0.3 is 9.64 Å². The third kappa shape index (κ3) is 2.72. The molecule has 0 aromatic carbocycles. The van der Waals surface area contributed by atoms with Gasteiger partial charge in [-0.2, -0.15) is 0 Å². The van der Waals surface area contributed by atoms with Crippen LogP contribution in [0, 0.1) is 0 Å². The largest absolute Gasteiger partial charge is 0.458 e. The second-order valence-electron chi connectivity index (χ2n) is 4.41. The van der Waals surface area contributed by atoms with E-state index < -0.39 is 25.0 Å². The third-order valence-corrected chi connectivity index (χ3v) is 2.32. The van der Waals surface area contributed by atoms with Crippen molar-refractivity contribution in [2.24, 2.45) is 0 Å². The zero-order valence-corrected chi connectivity index (χ0v) is 10.1. The number of hydrogen-bond donors (Lipinski definition) is 0. The van der Waals surface area contributed by atoms with Crippen molar-refractivity contribution in [1.82, 2.24) is 9.97 Å². The molecule has 2 heterocycles. The lowest BCUT2D eigenvalue weighted by molar-refractivity contribution is -0.0271. The molecule has 0 N–H and O–H groups in total. The van der Waals surface area contributed by atoms with Crippen LogP contribution in [0.3, 0.4) is 0 Å². The van der Waals surface area contributed by atoms with Gasteiger partial charge in [0.1, 0.15) is 0 Å². The first-order valence-corrected chi connectivity index (χ1v) is 5.54. The summed E-state index contributed by atoms with van der Waals surface area (Å²) >= 11 is 0. The van der Waals surface area contributed by atoms with Crippen LogP contribution in [0.2, 0.25) is 0 Å². The van der Waals surface area contributed by atoms with E-state index in [1.54, 1.807) is 13.8 Å². The normalized spacial score (nSPS) is 17.5. The van der Waals surface area contributed by atoms with Gasteiger partial charge in [-0.25, -0.2) is 23.5 Å². The van der Waals surface area contributed by atoms with E-state index in [2.05, 4.69) is 9.97 Å². The predicted molar refractivity (Wildman–Crippen MR) is 59.7 cm³/mol. The highest BCUT2D eigenvalue weighted by molar-refractivity contribution is 5.87. The lowest BCUT2D eigenvalue weighted by atomic mass is 10.2. The molecule has 5 nitrogen and oxygen atoms in total. The van der Waals surface area contributed by atoms with E-state index in [0.717, 1.165) is 0 Å². The first kappa shape index (κ1) is 12.7. The quantitative estimate of drug-likeness (QED) is 0.768. The van der Waals surface area contributed by atoms with Crippen molar-refractivity contribution in [1.29, 1.82) is 0 Å². The van der Waals surface area contributed by atoms with Crippen molar-refractivity contribution < 1.29 is 18.3 Å². The Morgan fingerprint density at radius 1 is 1.50 bits per heavy atom. The molecule has 18 heavy (non-hydrogen) atoms. The molecule has 0 spiro atoms. The number of esters is 1. The van der Waals surface area contributed by atoms with Crippen LogP contribution in [-0.2, 0) is 4.74 Å². The number of halogens is 2. The number of alkyl halides is 2. The molecule has 1 aliphatic rings. The van der Waals surface area contributed by atoms with Gasteiger partial charge in [0, 0.05) is 6.20 Å². The van der Waals surface area contributed by atoms with Gasteiger partial charge in [0.2, 0.25) is 5.95 Å². The monoisotopic (exact) mass is 257 g/mol. The number of nitrogens with zero attached hydrogens (tertiary/aromatic N) is 3. The number of ether oxygens (including phenoxy) is 1. The molecule has 98 valence electrons. The highest BCUT2D eigenvalue weighted by Crippen LogP contribution is 2.29. The number of anilines is 1. The molecule has 0 unspecified atom stereocenters. The van der Waals surface area contributed by atoms with E-state index in [1.165, 1.54) is 17.2 Å². The molecule has 0 amide bonds. The number of aromatic nitrogens is 2. The van der Waals surface area contributed by atoms with Gasteiger partial charge in [-0.1, -0.05) is 0 Å². The molecule has 0 radical (unpaired) electrons. The van der Waals surface area contributed by atoms with E-state index in [1.807, 2.05) is 0 Å². The lowest BCUT2D eigenvalue weighted by Gasteiger charge is -2.38. The second-order valence-corrected chi connectivity index (χ2v) is 4.41. The summed E-state index contributed by atoms with van der Waals surface area (Å²) in [7, 11) is 0. The van der Waals surface area contributed by atoms with Crippen molar-refractivity contribution in [2.75, 3.05) is 18.0 Å². The predicted octanol–water partition coefficient (Wildman–Crippen LogP) is 1.50. The molecule has 1 aliphatic heterocycles. The Bertz CT molecular complexity index is 457. The van der Waals surface area contributed by atoms with E-state index in [9.17, 15) is 13.6 Å². The molecule has 1 aromatic rings. The van der Waals surface area contributed by atoms with Crippen molar-refractivity contribution in [2.45, 2.75) is 25.9 Å². The SMILES string of the molecule is CC(C)OC(=O)c1ccnc(N2CC(F)(F)C2)n1. The van der Waals surface area contributed by atoms with Crippen molar-refractivity contribution in [3.8, 4) is 0 Å². The maximum Gasteiger partial charge on any atom is 0.357 e. The number of carbonyl (C=O) groups excluding carboxylic acids is 1. The number of carbonyl (C=O) groups is 1. The van der Waals surface area contributed by atoms with Crippen LogP contribution in [0.5, 0.6) is 0 Å². The van der Waals surface area contributed by atoms with Crippen LogP contribution in [-0.4, -0.2) is 41.1 Å². The van der Waals surface area contributed by atoms with Gasteiger partial charge in [0.15, 0.2) is 5.69 Å². The van der Waals surface area contributed by atoms with Gasteiger partial charge in [-0.3, -0.25) is 0 Å². The molecule has 0 atom stereocenters. The Kier molecular flexibility index (Phi) is 3.14. The highest BCUT2D eigenvalue weighted by atomic mass is 19.3. The molecular weight excluding hydrogens is 244 g/mol. The number of hydrogen-bond acceptors (Lipinski definition) is 5. The number of rotatable bonds is 3. The lowest BCUT2D eigenvalue weighted by Crippen LogP contribution is -2.57. The van der Waals surface area contributed by atoms with Crippen LogP contribution in [0.15, 0.2) is 12.3 Å². The summed E-state index contributed by atoms with van der Waals surface area (Å²) in [5.74, 6) is -3.15. The van der Waals surface area contributed by atoms with Crippen LogP contribution in [0.1, 0.15) is 24.3 Å². The summed E-state index contributed by atoms with van der Waals surface area (Å²) in [4.78, 5) is 20.7. The van der Waals surface area contributed by atoms with Gasteiger partial charge in [0.05, 0.1) is 19.2 Å². The van der Waals surface area contributed by atoms with E-state index >= 15 is 0 Å². The zero-order chi connectivity index (χ0) is 13.3. The van der Waals surface area contributed by atoms with E-state index in [-0.39, 0.29) is 17.7 Å². The van der Waals surface area contributed by atoms with Crippen LogP contribution >= 0.6 is 0 Å². The van der Waals surface area contributed by atoms with Crippen LogP contribution in [0.4, 0.5) is 14.7 Å². The fraction of sp³-hybridized carbons (Fsp3) is 0.545. The molecule has 7 heteroatoms. The van der Waals surface area contributed by atoms with Crippen molar-refractivity contribution in [3.05, 3.63) is 18.0 Å². The summed E-state index contributed by atoms with van der Waals surface area (Å²) < 4.78 is 30.4. The van der Waals surface area contributed by atoms with Gasteiger partial charge in [0.25, 0.3) is 5.92 Å². The Morgan fingerprint density at radius 2 is 2.17 bits per heavy atom. The average Bonchev–Trinajstić information content (AvgIpc) is 2.25. The summed E-state index contributed by atoms with van der Waals surface area (Å²) in [5.41, 5.74) is 0.0731. The topological polar surface area (TPSA) is 55.3 Å². The molecule has 1 aromatic heterocycles. The minimum Gasteiger partial charge on any atom is -0.458 e. The molecule has 0 aliphatic carbocycles. The molecule has 0 bridgehead atoms. The first-order valence-electron chi connectivity index (χ1n) is 5.54. The summed E-state index contributed by atoms with van der Waals surface area (Å²) in [5, 5.41) is 0. The molecule has 0 saturated carbocycles. The standard InChI is InChI=1S/C11H13F2N3O2/c1-7(2)18-9(17)8-3-4-14-10(15-8)16-5-11(12,13)6-16/h3-4,7H,5-6H2,1-2H3. The Balaban J connectivity index is 2.09. The fourth-order valence-corrected chi connectivity index (χ4v) is 1.54. The van der Waals surface area contributed by atoms with Crippen LogP contribution < -0.4 is 4.90 Å². The van der Waals surface area contributed by atoms with Gasteiger partial charge in [-0.15, -0.1) is 0 Å². The zero-order valence-electron chi connectivity index (χ0n) is 10.1. The van der Waals surface area contributed by atoms with Gasteiger partial charge >= 0.3 is 5.97 Å². The highest BCUT2D eigenvalue weighted by Gasteiger charge is 2.45. The van der Waals surface area contributed by atoms with Crippen LogP contribution in [0.25, 0.3) is 0 Å². The average molecular weight is 257 g/mol. The Morgan fingerprint density at radius 3 is 2.72 bits per heavy atom. The second kappa shape index (κ2) is 4.47. The van der Waals surface area contributed by atoms with E-state index in [4.69, 9.17) is 4.74 Å². The maximum atomic E-state index is 12.7. The maximum absolute atomic E-state index is 12.7. The molecule has 2 rings (SSSR count). The smallest absolute Gasteiger partial charge is 0.357 e. The first-order chi connectivity index (χ1) is 8.37.